The molecule has 0 aliphatic heterocycles. The van der Waals surface area contributed by atoms with Gasteiger partial charge >= 0.3 is 0 Å². The zero-order valence-corrected chi connectivity index (χ0v) is 37.7. The van der Waals surface area contributed by atoms with Gasteiger partial charge in [-0.25, -0.2) is 0 Å². The first-order chi connectivity index (χ1) is 26.5. The lowest BCUT2D eigenvalue weighted by Gasteiger charge is -2.31. The lowest BCUT2D eigenvalue weighted by atomic mass is 9.56. The van der Waals surface area contributed by atoms with Gasteiger partial charge in [0, 0.05) is 10.0 Å². The second kappa shape index (κ2) is 14.0. The summed E-state index contributed by atoms with van der Waals surface area (Å²) in [5.74, 6) is 0. The Morgan fingerprint density at radius 3 is 1.14 bits per heavy atom. The molecule has 0 nitrogen and oxygen atoms in total. The van der Waals surface area contributed by atoms with Crippen molar-refractivity contribution in [1.29, 1.82) is 0 Å². The molecule has 0 bridgehead atoms. The number of rotatable bonds is 3. The Bertz CT molecular complexity index is 3010. The minimum Gasteiger partial charge on any atom is -0.101 e. The summed E-state index contributed by atoms with van der Waals surface area (Å²) in [4.78, 5) is 0. The van der Waals surface area contributed by atoms with Crippen LogP contribution in [0.25, 0.3) is 76.5 Å². The molecule has 0 radical (unpaired) electrons. The standard InChI is InChI=1S/C40H40B15Br/c41-26-19-17(13-6-3-5-12(10-13)16-14-7-2-1-4-11(14)8-9-15(16)56)20-22(30(45)38(53)36(51)27(20)42)18(21(19)29(44)37(52)35(26)50)23-24-25(32(47)34(49)28(23)43)33(48)40(55)39(54)31(24)46/h1-10H,41-55H2. The van der Waals surface area contributed by atoms with Crippen LogP contribution in [-0.4, -0.2) is 118 Å². The second-order valence-corrected chi connectivity index (χ2v) is 17.8. The highest BCUT2D eigenvalue weighted by Crippen LogP contribution is 2.43. The summed E-state index contributed by atoms with van der Waals surface area (Å²) in [5.41, 5.74) is 28.8. The second-order valence-electron chi connectivity index (χ2n) is 17.0. The maximum atomic E-state index is 3.98. The van der Waals surface area contributed by atoms with Crippen molar-refractivity contribution < 1.29 is 0 Å². The first-order valence-corrected chi connectivity index (χ1v) is 21.0. The van der Waals surface area contributed by atoms with E-state index in [9.17, 15) is 0 Å². The molecule has 16 heteroatoms. The molecule has 8 rings (SSSR count). The average molecular weight is 763 g/mol. The molecule has 0 aromatic heterocycles. The van der Waals surface area contributed by atoms with E-state index in [0.717, 1.165) is 4.47 Å². The van der Waals surface area contributed by atoms with E-state index in [1.807, 2.05) is 0 Å². The van der Waals surface area contributed by atoms with Crippen LogP contribution in [0, 0.1) is 0 Å². The SMILES string of the molecule is Bc1c(B)c(B)c2c(-c3c4c(B)c(B)c(B)c(B)c4c(-c4cccc(-c5c(Br)ccc6ccccc56)c4)c4c(B)c(B)c(B)c(B)c34)c(B)c(B)c(B)c2c1B. The highest BCUT2D eigenvalue weighted by molar-refractivity contribution is 9.10. The van der Waals surface area contributed by atoms with Gasteiger partial charge in [-0.1, -0.05) is 108 Å². The molecule has 0 heterocycles. The van der Waals surface area contributed by atoms with E-state index < -0.39 is 0 Å². The molecule has 8 aromatic carbocycles. The highest BCUT2D eigenvalue weighted by atomic mass is 79.9. The van der Waals surface area contributed by atoms with E-state index in [2.05, 4.69) is 194 Å². The molecule has 0 spiro atoms. The molecule has 0 aliphatic carbocycles. The van der Waals surface area contributed by atoms with Crippen LogP contribution in [-0.2, 0) is 0 Å². The van der Waals surface area contributed by atoms with E-state index in [0.29, 0.717) is 0 Å². The van der Waals surface area contributed by atoms with Gasteiger partial charge in [-0.2, -0.15) is 0 Å². The van der Waals surface area contributed by atoms with Crippen molar-refractivity contribution in [2.45, 2.75) is 0 Å². The Morgan fingerprint density at radius 1 is 0.286 bits per heavy atom. The van der Waals surface area contributed by atoms with Crippen LogP contribution in [0.15, 0.2) is 65.1 Å². The molecule has 0 fully saturated rings. The minimum absolute atomic E-state index is 1.11. The summed E-state index contributed by atoms with van der Waals surface area (Å²) < 4.78 is 1.11. The van der Waals surface area contributed by atoms with Crippen molar-refractivity contribution >= 4 is 259 Å². The van der Waals surface area contributed by atoms with E-state index in [4.69, 9.17) is 0 Å². The molecule has 252 valence electrons. The molecule has 0 aliphatic rings. The Balaban J connectivity index is 1.69. The number of hydrogen-bond donors (Lipinski definition) is 0. The van der Waals surface area contributed by atoms with Crippen LogP contribution < -0.4 is 81.9 Å². The Morgan fingerprint density at radius 2 is 0.661 bits per heavy atom. The third-order valence-electron chi connectivity index (χ3n) is 14.8. The van der Waals surface area contributed by atoms with Gasteiger partial charge in [-0.15, -0.1) is 38.2 Å². The van der Waals surface area contributed by atoms with Crippen molar-refractivity contribution in [3.63, 3.8) is 0 Å². The van der Waals surface area contributed by atoms with Crippen molar-refractivity contribution in [3.05, 3.63) is 65.1 Å². The van der Waals surface area contributed by atoms with Crippen molar-refractivity contribution in [2.24, 2.45) is 0 Å². The van der Waals surface area contributed by atoms with Gasteiger partial charge in [0.15, 0.2) is 0 Å². The minimum atomic E-state index is 1.11. The highest BCUT2D eigenvalue weighted by Gasteiger charge is 2.28. The van der Waals surface area contributed by atoms with Crippen LogP contribution in [0.4, 0.5) is 0 Å². The maximum absolute atomic E-state index is 3.98. The van der Waals surface area contributed by atoms with Gasteiger partial charge in [0.1, 0.15) is 118 Å². The molecule has 0 unspecified atom stereocenters. The maximum Gasteiger partial charge on any atom is 0.139 e. The predicted molar refractivity (Wildman–Crippen MR) is 303 cm³/mol. The topological polar surface area (TPSA) is 0 Å². The molecule has 0 N–H and O–H groups in total. The van der Waals surface area contributed by atoms with Gasteiger partial charge < -0.3 is 0 Å². The molecule has 0 amide bonds. The van der Waals surface area contributed by atoms with Gasteiger partial charge in [0.05, 0.1) is 0 Å². The zero-order valence-electron chi connectivity index (χ0n) is 36.2. The predicted octanol–water partition coefficient (Wildman–Crippen LogP) is -14.1. The van der Waals surface area contributed by atoms with E-state index in [1.54, 1.807) is 0 Å². The summed E-state index contributed by atoms with van der Waals surface area (Å²) in [7, 11) is 35.4. The molecule has 8 aromatic rings. The van der Waals surface area contributed by atoms with Crippen molar-refractivity contribution in [3.8, 4) is 33.4 Å². The van der Waals surface area contributed by atoms with Gasteiger partial charge in [-0.05, 0) is 83.0 Å². The lowest BCUT2D eigenvalue weighted by molar-refractivity contribution is 1.62. The summed E-state index contributed by atoms with van der Waals surface area (Å²) in [6.45, 7) is 0. The van der Waals surface area contributed by atoms with Crippen LogP contribution >= 0.6 is 15.9 Å². The van der Waals surface area contributed by atoms with E-state index in [-0.39, 0.29) is 0 Å². The average Bonchev–Trinajstić information content (AvgIpc) is 3.19. The monoisotopic (exact) mass is 764 g/mol. The van der Waals surface area contributed by atoms with E-state index in [1.165, 1.54) is 158 Å². The molecular weight excluding hydrogens is 723 g/mol. The number of benzene rings is 8. The molecule has 0 saturated heterocycles. The Kier molecular flexibility index (Phi) is 9.75. The quantitative estimate of drug-likeness (QED) is 0.124. The molecule has 0 saturated carbocycles. The lowest BCUT2D eigenvalue weighted by Crippen LogP contribution is -2.53. The summed E-state index contributed by atoms with van der Waals surface area (Å²) in [6, 6.07) is 22.6. The molecule has 0 atom stereocenters. The third-order valence-corrected chi connectivity index (χ3v) is 15.4. The van der Waals surface area contributed by atoms with Gasteiger partial charge in [-0.3, -0.25) is 0 Å². The zero-order chi connectivity index (χ0) is 40.4. The fraction of sp³-hybridized carbons (Fsp3) is 0. The van der Waals surface area contributed by atoms with Crippen LogP contribution in [0.5, 0.6) is 0 Å². The van der Waals surface area contributed by atoms with Crippen LogP contribution in [0.2, 0.25) is 0 Å². The first-order valence-electron chi connectivity index (χ1n) is 20.2. The Hall–Kier alpha value is -3.75. The molecular formula is C40H40B15Br. The van der Waals surface area contributed by atoms with Crippen LogP contribution in [0.3, 0.4) is 0 Å². The number of halogens is 1. The Labute approximate surface area is 354 Å². The normalized spacial score (nSPS) is 11.7. The summed E-state index contributed by atoms with van der Waals surface area (Å²) in [6.07, 6.45) is 0. The third kappa shape index (κ3) is 5.40. The van der Waals surface area contributed by atoms with Crippen LogP contribution in [0.1, 0.15) is 0 Å². The smallest absolute Gasteiger partial charge is 0.101 e. The summed E-state index contributed by atoms with van der Waals surface area (Å²) in [5, 5.41) is 10.9. The fourth-order valence-electron chi connectivity index (χ4n) is 10.3. The van der Waals surface area contributed by atoms with Gasteiger partial charge in [0.2, 0.25) is 0 Å². The fourth-order valence-corrected chi connectivity index (χ4v) is 10.9. The molecule has 56 heavy (non-hydrogen) atoms. The number of hydrogen-bond acceptors (Lipinski definition) is 0. The van der Waals surface area contributed by atoms with Crippen molar-refractivity contribution in [2.75, 3.05) is 0 Å². The number of fused-ring (bicyclic) bond motifs is 4. The summed E-state index contributed by atoms with van der Waals surface area (Å²) >= 11 is 3.98. The van der Waals surface area contributed by atoms with Gasteiger partial charge in [0.25, 0.3) is 0 Å². The van der Waals surface area contributed by atoms with Crippen molar-refractivity contribution in [1.82, 2.24) is 0 Å². The van der Waals surface area contributed by atoms with E-state index >= 15 is 0 Å². The largest absolute Gasteiger partial charge is 0.139 e. The first kappa shape index (κ1) is 39.1.